The maximum Gasteiger partial charge on any atom is 0.311 e. The third kappa shape index (κ3) is 3.68. The SMILES string of the molecule is CN(Cc1ccc(C(=O)NC2CC2)cc1)c1ncccc1[N+](=O)[O-]. The number of hydrogen-bond acceptors (Lipinski definition) is 5. The molecule has 0 unspecified atom stereocenters. The standard InChI is InChI=1S/C17H18N4O3/c1-20(16-15(21(23)24)3-2-10-18-16)11-12-4-6-13(7-5-12)17(22)19-14-8-9-14/h2-7,10,14H,8-9,11H2,1H3,(H,19,22). The summed E-state index contributed by atoms with van der Waals surface area (Å²) in [6.07, 6.45) is 3.64. The van der Waals surface area contributed by atoms with E-state index >= 15 is 0 Å². The first-order valence-corrected chi connectivity index (χ1v) is 7.75. The lowest BCUT2D eigenvalue weighted by atomic mass is 10.1. The van der Waals surface area contributed by atoms with Gasteiger partial charge in [-0.05, 0) is 36.6 Å². The number of aromatic nitrogens is 1. The van der Waals surface area contributed by atoms with Crippen LogP contribution in [0.5, 0.6) is 0 Å². The molecule has 124 valence electrons. The molecular formula is C17H18N4O3. The number of carbonyl (C=O) groups is 1. The molecule has 0 radical (unpaired) electrons. The predicted octanol–water partition coefficient (Wildman–Crippen LogP) is 2.52. The highest BCUT2D eigenvalue weighted by Gasteiger charge is 2.23. The second-order valence-electron chi connectivity index (χ2n) is 5.90. The van der Waals surface area contributed by atoms with Crippen LogP contribution < -0.4 is 10.2 Å². The second kappa shape index (κ2) is 6.66. The van der Waals surface area contributed by atoms with E-state index in [0.29, 0.717) is 24.0 Å². The summed E-state index contributed by atoms with van der Waals surface area (Å²) >= 11 is 0. The number of nitro groups is 1. The maximum absolute atomic E-state index is 12.0. The van der Waals surface area contributed by atoms with Gasteiger partial charge in [0.15, 0.2) is 0 Å². The number of rotatable bonds is 6. The lowest BCUT2D eigenvalue weighted by Gasteiger charge is -2.18. The van der Waals surface area contributed by atoms with E-state index < -0.39 is 4.92 Å². The Balaban J connectivity index is 1.69. The molecule has 1 aliphatic carbocycles. The smallest absolute Gasteiger partial charge is 0.311 e. The third-order valence-corrected chi connectivity index (χ3v) is 3.87. The molecule has 3 rings (SSSR count). The fourth-order valence-electron chi connectivity index (χ4n) is 2.43. The number of hydrogen-bond donors (Lipinski definition) is 1. The molecule has 1 aromatic heterocycles. The Bertz CT molecular complexity index is 757. The molecule has 1 heterocycles. The Hall–Kier alpha value is -2.96. The molecule has 7 heteroatoms. The fraction of sp³-hybridized carbons (Fsp3) is 0.294. The summed E-state index contributed by atoms with van der Waals surface area (Å²) in [5, 5.41) is 14.0. The topological polar surface area (TPSA) is 88.4 Å². The summed E-state index contributed by atoms with van der Waals surface area (Å²) < 4.78 is 0. The van der Waals surface area contributed by atoms with Crippen LogP contribution >= 0.6 is 0 Å². The second-order valence-corrected chi connectivity index (χ2v) is 5.90. The molecule has 0 atom stereocenters. The lowest BCUT2D eigenvalue weighted by molar-refractivity contribution is -0.384. The van der Waals surface area contributed by atoms with E-state index in [1.54, 1.807) is 30.1 Å². The van der Waals surface area contributed by atoms with Crippen molar-refractivity contribution in [1.29, 1.82) is 0 Å². The highest BCUT2D eigenvalue weighted by molar-refractivity contribution is 5.94. The molecule has 0 saturated heterocycles. The summed E-state index contributed by atoms with van der Waals surface area (Å²) in [5.74, 6) is 0.260. The average molecular weight is 326 g/mol. The monoisotopic (exact) mass is 326 g/mol. The predicted molar refractivity (Wildman–Crippen MR) is 89.9 cm³/mol. The molecular weight excluding hydrogens is 308 g/mol. The van der Waals surface area contributed by atoms with Crippen LogP contribution in [0.3, 0.4) is 0 Å². The summed E-state index contributed by atoms with van der Waals surface area (Å²) in [6, 6.07) is 10.6. The lowest BCUT2D eigenvalue weighted by Crippen LogP contribution is -2.25. The number of anilines is 1. The van der Waals surface area contributed by atoms with Crippen LogP contribution in [0.2, 0.25) is 0 Å². The van der Waals surface area contributed by atoms with Crippen molar-refractivity contribution in [3.8, 4) is 0 Å². The maximum atomic E-state index is 12.0. The molecule has 0 spiro atoms. The summed E-state index contributed by atoms with van der Waals surface area (Å²) in [6.45, 7) is 0.461. The zero-order valence-corrected chi connectivity index (χ0v) is 13.3. The first-order chi connectivity index (χ1) is 11.5. The van der Waals surface area contributed by atoms with E-state index in [1.807, 2.05) is 12.1 Å². The Morgan fingerprint density at radius 3 is 2.67 bits per heavy atom. The van der Waals surface area contributed by atoms with Crippen LogP contribution in [0.4, 0.5) is 11.5 Å². The van der Waals surface area contributed by atoms with Gasteiger partial charge in [0.1, 0.15) is 0 Å². The van der Waals surface area contributed by atoms with Crippen molar-refractivity contribution in [3.63, 3.8) is 0 Å². The van der Waals surface area contributed by atoms with E-state index in [0.717, 1.165) is 18.4 Å². The zero-order chi connectivity index (χ0) is 17.1. The van der Waals surface area contributed by atoms with Crippen LogP contribution in [0.1, 0.15) is 28.8 Å². The summed E-state index contributed by atoms with van der Waals surface area (Å²) in [7, 11) is 1.75. The number of amides is 1. The minimum atomic E-state index is -0.440. The van der Waals surface area contributed by atoms with Gasteiger partial charge < -0.3 is 10.2 Å². The van der Waals surface area contributed by atoms with Gasteiger partial charge in [0.05, 0.1) is 4.92 Å². The van der Waals surface area contributed by atoms with Crippen molar-refractivity contribution in [2.24, 2.45) is 0 Å². The number of nitrogens with zero attached hydrogens (tertiary/aromatic N) is 3. The van der Waals surface area contributed by atoms with E-state index in [4.69, 9.17) is 0 Å². The van der Waals surface area contributed by atoms with Crippen LogP contribution in [-0.2, 0) is 6.54 Å². The van der Waals surface area contributed by atoms with Gasteiger partial charge in [0.2, 0.25) is 5.82 Å². The number of carbonyl (C=O) groups excluding carboxylic acids is 1. The molecule has 0 aliphatic heterocycles. The van der Waals surface area contributed by atoms with Crippen LogP contribution in [0, 0.1) is 10.1 Å². The van der Waals surface area contributed by atoms with Gasteiger partial charge in [-0.3, -0.25) is 14.9 Å². The first kappa shape index (κ1) is 15.9. The average Bonchev–Trinajstić information content (AvgIpc) is 3.39. The molecule has 1 N–H and O–H groups in total. The summed E-state index contributed by atoms with van der Waals surface area (Å²) in [5.41, 5.74) is 1.54. The van der Waals surface area contributed by atoms with E-state index in [9.17, 15) is 14.9 Å². The van der Waals surface area contributed by atoms with Gasteiger partial charge in [-0.15, -0.1) is 0 Å². The number of nitrogens with one attached hydrogen (secondary N) is 1. The minimum Gasteiger partial charge on any atom is -0.350 e. The summed E-state index contributed by atoms with van der Waals surface area (Å²) in [4.78, 5) is 28.4. The Morgan fingerprint density at radius 1 is 1.33 bits per heavy atom. The highest BCUT2D eigenvalue weighted by Crippen LogP contribution is 2.25. The third-order valence-electron chi connectivity index (χ3n) is 3.87. The zero-order valence-electron chi connectivity index (χ0n) is 13.3. The number of pyridine rings is 1. The van der Waals surface area contributed by atoms with Crippen molar-refractivity contribution >= 4 is 17.4 Å². The van der Waals surface area contributed by atoms with Crippen molar-refractivity contribution in [2.75, 3.05) is 11.9 Å². The molecule has 1 aliphatic rings. The van der Waals surface area contributed by atoms with Crippen molar-refractivity contribution in [2.45, 2.75) is 25.4 Å². The largest absolute Gasteiger partial charge is 0.350 e. The number of benzene rings is 1. The molecule has 1 fully saturated rings. The van der Waals surface area contributed by atoms with Crippen LogP contribution in [0.15, 0.2) is 42.6 Å². The van der Waals surface area contributed by atoms with Gasteiger partial charge in [-0.25, -0.2) is 4.98 Å². The Labute approximate surface area is 139 Å². The fourth-order valence-corrected chi connectivity index (χ4v) is 2.43. The van der Waals surface area contributed by atoms with Gasteiger partial charge in [-0.2, -0.15) is 0 Å². The normalized spacial score (nSPS) is 13.4. The highest BCUT2D eigenvalue weighted by atomic mass is 16.6. The van der Waals surface area contributed by atoms with Crippen LogP contribution in [-0.4, -0.2) is 28.9 Å². The van der Waals surface area contributed by atoms with Crippen molar-refractivity contribution < 1.29 is 9.72 Å². The molecule has 7 nitrogen and oxygen atoms in total. The minimum absolute atomic E-state index is 0.0274. The molecule has 1 amide bonds. The van der Waals surface area contributed by atoms with Gasteiger partial charge in [-0.1, -0.05) is 12.1 Å². The Kier molecular flexibility index (Phi) is 4.41. The van der Waals surface area contributed by atoms with Crippen molar-refractivity contribution in [3.05, 3.63) is 63.8 Å². The quantitative estimate of drug-likeness (QED) is 0.651. The van der Waals surface area contributed by atoms with E-state index in [1.165, 1.54) is 12.3 Å². The first-order valence-electron chi connectivity index (χ1n) is 7.75. The molecule has 24 heavy (non-hydrogen) atoms. The molecule has 1 saturated carbocycles. The van der Waals surface area contributed by atoms with Gasteiger partial charge in [0.25, 0.3) is 5.91 Å². The van der Waals surface area contributed by atoms with Gasteiger partial charge in [0, 0.05) is 37.5 Å². The van der Waals surface area contributed by atoms with Gasteiger partial charge >= 0.3 is 5.69 Å². The van der Waals surface area contributed by atoms with E-state index in [-0.39, 0.29) is 11.6 Å². The van der Waals surface area contributed by atoms with Crippen molar-refractivity contribution in [1.82, 2.24) is 10.3 Å². The Morgan fingerprint density at radius 2 is 2.04 bits per heavy atom. The van der Waals surface area contributed by atoms with Crippen LogP contribution in [0.25, 0.3) is 0 Å². The molecule has 0 bridgehead atoms. The van der Waals surface area contributed by atoms with E-state index in [2.05, 4.69) is 10.3 Å². The molecule has 2 aromatic rings. The molecule has 1 aromatic carbocycles.